The number of hydrogen-bond donors (Lipinski definition) is 2. The molecule has 2 aromatic carbocycles. The van der Waals surface area contributed by atoms with Gasteiger partial charge in [0.1, 0.15) is 0 Å². The minimum absolute atomic E-state index is 0.0353. The number of aromatic carboxylic acids is 1. The fraction of sp³-hybridized carbons (Fsp3) is 0.118. The van der Waals surface area contributed by atoms with Gasteiger partial charge in [-0.2, -0.15) is 0 Å². The van der Waals surface area contributed by atoms with Gasteiger partial charge in [0.15, 0.2) is 0 Å². The molecule has 2 aromatic rings. The Bertz CT molecular complexity index is 900. The number of fused-ring (bicyclic) bond motifs is 1. The van der Waals surface area contributed by atoms with E-state index in [1.807, 2.05) is 24.3 Å². The van der Waals surface area contributed by atoms with Crippen molar-refractivity contribution in [2.45, 2.75) is 12.8 Å². The lowest BCUT2D eigenvalue weighted by atomic mass is 9.98. The molecule has 0 heterocycles. The van der Waals surface area contributed by atoms with Crippen LogP contribution in [0.15, 0.2) is 53.4 Å². The molecular weight excluding hydrogens is 314 g/mol. The first-order valence-corrected chi connectivity index (χ1v) is 8.59. The van der Waals surface area contributed by atoms with Gasteiger partial charge in [-0.3, -0.25) is 4.72 Å². The summed E-state index contributed by atoms with van der Waals surface area (Å²) in [6.45, 7) is 0. The summed E-state index contributed by atoms with van der Waals surface area (Å²) in [7, 11) is -3.70. The van der Waals surface area contributed by atoms with Crippen LogP contribution in [0.5, 0.6) is 0 Å². The quantitative estimate of drug-likeness (QED) is 0.903. The number of rotatable bonds is 4. The zero-order valence-corrected chi connectivity index (χ0v) is 13.0. The average Bonchev–Trinajstić information content (AvgIpc) is 2.54. The summed E-state index contributed by atoms with van der Waals surface area (Å²) >= 11 is 0. The van der Waals surface area contributed by atoms with Crippen LogP contribution in [-0.4, -0.2) is 19.5 Å². The third kappa shape index (κ3) is 3.27. The number of allylic oxidation sites excluding steroid dienone is 1. The number of aryl methyl sites for hydroxylation is 1. The molecule has 0 unspecified atom stereocenters. The molecule has 0 bridgehead atoms. The molecule has 0 aliphatic heterocycles. The van der Waals surface area contributed by atoms with Crippen molar-refractivity contribution in [2.75, 3.05) is 4.72 Å². The van der Waals surface area contributed by atoms with Crippen molar-refractivity contribution >= 4 is 27.8 Å². The van der Waals surface area contributed by atoms with Crippen molar-refractivity contribution in [1.29, 1.82) is 0 Å². The monoisotopic (exact) mass is 329 g/mol. The van der Waals surface area contributed by atoms with Crippen LogP contribution in [0.4, 0.5) is 5.69 Å². The summed E-state index contributed by atoms with van der Waals surface area (Å²) in [6, 6.07) is 13.4. The first kappa shape index (κ1) is 15.3. The molecule has 0 spiro atoms. The van der Waals surface area contributed by atoms with Gasteiger partial charge in [0.25, 0.3) is 10.0 Å². The second-order valence-corrected chi connectivity index (χ2v) is 7.04. The number of benzene rings is 2. The van der Waals surface area contributed by atoms with E-state index in [-0.39, 0.29) is 11.3 Å². The maximum atomic E-state index is 12.5. The van der Waals surface area contributed by atoms with Gasteiger partial charge in [-0.05, 0) is 48.2 Å². The van der Waals surface area contributed by atoms with E-state index in [1.165, 1.54) is 24.3 Å². The summed E-state index contributed by atoms with van der Waals surface area (Å²) in [4.78, 5) is 11.3. The summed E-state index contributed by atoms with van der Waals surface area (Å²) in [6.07, 6.45) is 2.76. The molecule has 1 aliphatic carbocycles. The van der Waals surface area contributed by atoms with E-state index < -0.39 is 16.0 Å². The second-order valence-electron chi connectivity index (χ2n) is 5.30. The lowest BCUT2D eigenvalue weighted by molar-refractivity contribution is 0.0697. The highest BCUT2D eigenvalue weighted by molar-refractivity contribution is 7.96. The molecule has 0 atom stereocenters. The Hall–Kier alpha value is -2.60. The molecule has 0 fully saturated rings. The van der Waals surface area contributed by atoms with Gasteiger partial charge in [-0.25, -0.2) is 13.2 Å². The molecule has 23 heavy (non-hydrogen) atoms. The smallest absolute Gasteiger partial charge is 0.335 e. The normalized spacial score (nSPS) is 13.8. The van der Waals surface area contributed by atoms with Gasteiger partial charge in [0, 0.05) is 5.69 Å². The maximum Gasteiger partial charge on any atom is 0.335 e. The summed E-state index contributed by atoms with van der Waals surface area (Å²) in [5.74, 6) is -1.10. The second kappa shape index (κ2) is 5.89. The number of carboxylic acid groups (broad SMARTS) is 1. The summed E-state index contributed by atoms with van der Waals surface area (Å²) < 4.78 is 27.5. The minimum Gasteiger partial charge on any atom is -0.478 e. The topological polar surface area (TPSA) is 83.5 Å². The van der Waals surface area contributed by atoms with E-state index in [0.717, 1.165) is 11.1 Å². The van der Waals surface area contributed by atoms with E-state index in [4.69, 9.17) is 5.11 Å². The minimum atomic E-state index is -3.70. The number of anilines is 1. The highest BCUT2D eigenvalue weighted by Gasteiger charge is 2.22. The van der Waals surface area contributed by atoms with Crippen LogP contribution in [0.2, 0.25) is 0 Å². The van der Waals surface area contributed by atoms with Crippen LogP contribution in [0, 0.1) is 0 Å². The fourth-order valence-electron chi connectivity index (χ4n) is 2.55. The number of carboxylic acids is 1. The molecule has 0 saturated carbocycles. The zero-order valence-electron chi connectivity index (χ0n) is 12.2. The predicted molar refractivity (Wildman–Crippen MR) is 88.7 cm³/mol. The number of sulfonamides is 1. The van der Waals surface area contributed by atoms with Crippen LogP contribution in [0.25, 0.3) is 6.08 Å². The molecule has 5 nitrogen and oxygen atoms in total. The first-order valence-electron chi connectivity index (χ1n) is 7.10. The Kier molecular flexibility index (Phi) is 3.92. The molecule has 0 amide bonds. The standard InChI is InChI=1S/C17H15NO4S/c19-17(20)14-6-3-7-15(10-14)18-23(21,22)16-9-8-12-4-1-2-5-13(12)11-16/h1-7,10-11,18H,8-9H2,(H,19,20). The number of hydrogen-bond acceptors (Lipinski definition) is 3. The lowest BCUT2D eigenvalue weighted by Crippen LogP contribution is -2.17. The van der Waals surface area contributed by atoms with Crippen LogP contribution < -0.4 is 4.72 Å². The van der Waals surface area contributed by atoms with E-state index >= 15 is 0 Å². The van der Waals surface area contributed by atoms with E-state index in [9.17, 15) is 13.2 Å². The van der Waals surface area contributed by atoms with E-state index in [0.29, 0.717) is 17.7 Å². The van der Waals surface area contributed by atoms with Gasteiger partial charge in [0.2, 0.25) is 0 Å². The maximum absolute atomic E-state index is 12.5. The van der Waals surface area contributed by atoms with Crippen molar-refractivity contribution in [1.82, 2.24) is 0 Å². The van der Waals surface area contributed by atoms with Gasteiger partial charge in [0.05, 0.1) is 10.5 Å². The SMILES string of the molecule is O=C(O)c1cccc(NS(=O)(=O)C2=Cc3ccccc3CC2)c1. The molecule has 3 rings (SSSR count). The van der Waals surface area contributed by atoms with Crippen LogP contribution >= 0.6 is 0 Å². The summed E-state index contributed by atoms with van der Waals surface area (Å²) in [5, 5.41) is 8.98. The molecule has 0 aromatic heterocycles. The molecular formula is C17H15NO4S. The molecule has 1 aliphatic rings. The molecule has 2 N–H and O–H groups in total. The third-order valence-electron chi connectivity index (χ3n) is 3.72. The Labute approximate surface area is 134 Å². The largest absolute Gasteiger partial charge is 0.478 e. The van der Waals surface area contributed by atoms with E-state index in [2.05, 4.69) is 4.72 Å². The molecule has 0 saturated heterocycles. The zero-order chi connectivity index (χ0) is 16.4. The molecule has 0 radical (unpaired) electrons. The Morgan fingerprint density at radius 1 is 1.04 bits per heavy atom. The Morgan fingerprint density at radius 3 is 2.61 bits per heavy atom. The van der Waals surface area contributed by atoms with Crippen molar-refractivity contribution < 1.29 is 18.3 Å². The van der Waals surface area contributed by atoms with Crippen LogP contribution in [0.1, 0.15) is 27.9 Å². The van der Waals surface area contributed by atoms with Gasteiger partial charge >= 0.3 is 5.97 Å². The highest BCUT2D eigenvalue weighted by Crippen LogP contribution is 2.28. The predicted octanol–water partition coefficient (Wildman–Crippen LogP) is 3.11. The van der Waals surface area contributed by atoms with Crippen LogP contribution in [-0.2, 0) is 16.4 Å². The molecule has 118 valence electrons. The van der Waals surface area contributed by atoms with Gasteiger partial charge in [-0.1, -0.05) is 30.3 Å². The summed E-state index contributed by atoms with van der Waals surface area (Å²) in [5.41, 5.74) is 2.30. The van der Waals surface area contributed by atoms with Gasteiger partial charge in [-0.15, -0.1) is 0 Å². The van der Waals surface area contributed by atoms with Crippen molar-refractivity contribution in [2.24, 2.45) is 0 Å². The average molecular weight is 329 g/mol. The third-order valence-corrected chi connectivity index (χ3v) is 5.24. The van der Waals surface area contributed by atoms with Crippen molar-refractivity contribution in [3.8, 4) is 0 Å². The molecule has 6 heteroatoms. The van der Waals surface area contributed by atoms with Crippen LogP contribution in [0.3, 0.4) is 0 Å². The van der Waals surface area contributed by atoms with Gasteiger partial charge < -0.3 is 5.11 Å². The number of nitrogens with one attached hydrogen (secondary N) is 1. The highest BCUT2D eigenvalue weighted by atomic mass is 32.2. The Balaban J connectivity index is 1.90. The fourth-order valence-corrected chi connectivity index (χ4v) is 3.78. The first-order chi connectivity index (χ1) is 11.0. The lowest BCUT2D eigenvalue weighted by Gasteiger charge is -2.17. The Morgan fingerprint density at radius 2 is 1.83 bits per heavy atom. The van der Waals surface area contributed by atoms with E-state index in [1.54, 1.807) is 6.08 Å². The number of carbonyl (C=O) groups is 1. The van der Waals surface area contributed by atoms with Crippen molar-refractivity contribution in [3.05, 3.63) is 70.1 Å². The van der Waals surface area contributed by atoms with Crippen molar-refractivity contribution in [3.63, 3.8) is 0 Å².